The molecule has 1 aliphatic heterocycles. The molecule has 2 nitrogen and oxygen atoms in total. The SMILES string of the molecule is Cc1c2c(cc3cc4ccccc4cc13)Oc1cc([Si](C)(C)C)cc3cc[n+](C)c-2c13. The number of pyridine rings is 1. The zero-order valence-corrected chi connectivity index (χ0v) is 19.7. The topological polar surface area (TPSA) is 13.1 Å². The van der Waals surface area contributed by atoms with E-state index in [-0.39, 0.29) is 0 Å². The van der Waals surface area contributed by atoms with Crippen LogP contribution < -0.4 is 14.5 Å². The van der Waals surface area contributed by atoms with Gasteiger partial charge in [0.15, 0.2) is 6.20 Å². The first-order valence-electron chi connectivity index (χ1n) is 10.9. The molecule has 1 aromatic heterocycles. The molecule has 0 radical (unpaired) electrons. The van der Waals surface area contributed by atoms with Crippen LogP contribution in [0.15, 0.2) is 66.9 Å². The normalized spacial score (nSPS) is 12.9. The van der Waals surface area contributed by atoms with Gasteiger partial charge in [-0.15, -0.1) is 0 Å². The van der Waals surface area contributed by atoms with E-state index in [1.165, 1.54) is 54.3 Å². The Morgan fingerprint density at radius 2 is 1.52 bits per heavy atom. The van der Waals surface area contributed by atoms with E-state index in [9.17, 15) is 0 Å². The Hall–Kier alpha value is -3.17. The molecule has 0 saturated carbocycles. The second kappa shape index (κ2) is 6.18. The van der Waals surface area contributed by atoms with E-state index in [0.29, 0.717) is 0 Å². The lowest BCUT2D eigenvalue weighted by molar-refractivity contribution is -0.659. The fourth-order valence-corrected chi connectivity index (χ4v) is 6.16. The highest BCUT2D eigenvalue weighted by Crippen LogP contribution is 2.48. The highest BCUT2D eigenvalue weighted by atomic mass is 28.3. The molecule has 5 aromatic rings. The molecule has 0 N–H and O–H groups in total. The Bertz CT molecular complexity index is 1560. The number of rotatable bonds is 1. The fourth-order valence-electron chi connectivity index (χ4n) is 5.01. The lowest BCUT2D eigenvalue weighted by Crippen LogP contribution is -2.38. The van der Waals surface area contributed by atoms with Crippen LogP contribution in [0.1, 0.15) is 5.56 Å². The Kier molecular flexibility index (Phi) is 3.70. The molecule has 0 fully saturated rings. The summed E-state index contributed by atoms with van der Waals surface area (Å²) in [6, 6.07) is 22.3. The van der Waals surface area contributed by atoms with Crippen molar-refractivity contribution >= 4 is 45.6 Å². The van der Waals surface area contributed by atoms with Crippen molar-refractivity contribution < 1.29 is 9.30 Å². The minimum atomic E-state index is -1.47. The molecule has 0 amide bonds. The minimum Gasteiger partial charge on any atom is -0.456 e. The molecule has 6 rings (SSSR count). The molecule has 2 heterocycles. The average molecular weight is 421 g/mol. The van der Waals surface area contributed by atoms with Gasteiger partial charge < -0.3 is 4.74 Å². The maximum Gasteiger partial charge on any atom is 0.228 e. The number of aryl methyl sites for hydroxylation is 2. The standard InChI is InChI=1S/C28H26NOSi/c1-17-23-14-19-9-7-6-8-18(19)12-21(23)15-24-26(17)28-27-20(10-11-29(28)2)13-22(31(3,4)5)16-25(27)30-24/h6-16H,1-5H3/q+1. The maximum atomic E-state index is 6.65. The van der Waals surface area contributed by atoms with Gasteiger partial charge >= 0.3 is 0 Å². The number of fused-ring (bicyclic) bond motifs is 4. The van der Waals surface area contributed by atoms with Crippen LogP contribution in [0.2, 0.25) is 19.6 Å². The quantitative estimate of drug-likeness (QED) is 0.166. The van der Waals surface area contributed by atoms with Crippen molar-refractivity contribution in [3.63, 3.8) is 0 Å². The van der Waals surface area contributed by atoms with Gasteiger partial charge in [0.2, 0.25) is 5.69 Å². The van der Waals surface area contributed by atoms with E-state index in [2.05, 4.69) is 105 Å². The molecular formula is C28H26NOSi+. The first kappa shape index (κ1) is 18.6. The molecular weight excluding hydrogens is 394 g/mol. The Morgan fingerprint density at radius 1 is 0.774 bits per heavy atom. The van der Waals surface area contributed by atoms with E-state index in [1.54, 1.807) is 0 Å². The third-order valence-corrected chi connectivity index (χ3v) is 8.77. The van der Waals surface area contributed by atoms with E-state index < -0.39 is 8.07 Å². The lowest BCUT2D eigenvalue weighted by Gasteiger charge is -2.25. The molecule has 0 atom stereocenters. The van der Waals surface area contributed by atoms with Crippen LogP contribution in [0.5, 0.6) is 11.5 Å². The van der Waals surface area contributed by atoms with Crippen LogP contribution in [-0.4, -0.2) is 8.07 Å². The van der Waals surface area contributed by atoms with Crippen LogP contribution in [0, 0.1) is 6.92 Å². The summed E-state index contributed by atoms with van der Waals surface area (Å²) in [5.41, 5.74) is 3.74. The van der Waals surface area contributed by atoms with Gasteiger partial charge in [0.05, 0.1) is 19.0 Å². The molecule has 4 aromatic carbocycles. The van der Waals surface area contributed by atoms with Crippen LogP contribution in [-0.2, 0) is 7.05 Å². The Morgan fingerprint density at radius 3 is 2.26 bits per heavy atom. The van der Waals surface area contributed by atoms with E-state index in [4.69, 9.17) is 4.74 Å². The van der Waals surface area contributed by atoms with Crippen molar-refractivity contribution in [1.82, 2.24) is 0 Å². The maximum absolute atomic E-state index is 6.65. The first-order chi connectivity index (χ1) is 14.8. The first-order valence-corrected chi connectivity index (χ1v) is 14.4. The molecule has 1 aliphatic rings. The molecule has 152 valence electrons. The van der Waals surface area contributed by atoms with Crippen molar-refractivity contribution in [3.8, 4) is 22.8 Å². The van der Waals surface area contributed by atoms with Crippen molar-refractivity contribution in [2.24, 2.45) is 7.05 Å². The molecule has 0 bridgehead atoms. The fraction of sp³-hybridized carbons (Fsp3) is 0.179. The van der Waals surface area contributed by atoms with Crippen LogP contribution in [0.4, 0.5) is 0 Å². The van der Waals surface area contributed by atoms with E-state index in [0.717, 1.165) is 11.5 Å². The predicted molar refractivity (Wildman–Crippen MR) is 133 cm³/mol. The van der Waals surface area contributed by atoms with Crippen molar-refractivity contribution in [1.29, 1.82) is 0 Å². The molecule has 3 heteroatoms. The predicted octanol–water partition coefficient (Wildman–Crippen LogP) is 6.60. The summed E-state index contributed by atoms with van der Waals surface area (Å²) in [6.07, 6.45) is 2.19. The second-order valence-corrected chi connectivity index (χ2v) is 14.9. The van der Waals surface area contributed by atoms with Crippen LogP contribution in [0.25, 0.3) is 43.6 Å². The van der Waals surface area contributed by atoms with Crippen molar-refractivity contribution in [3.05, 3.63) is 72.4 Å². The molecule has 31 heavy (non-hydrogen) atoms. The van der Waals surface area contributed by atoms with Gasteiger partial charge in [-0.2, -0.15) is 0 Å². The number of ether oxygens (including phenoxy) is 1. The van der Waals surface area contributed by atoms with Crippen LogP contribution >= 0.6 is 0 Å². The smallest absolute Gasteiger partial charge is 0.228 e. The lowest BCUT2D eigenvalue weighted by atomic mass is 9.91. The van der Waals surface area contributed by atoms with Gasteiger partial charge in [-0.1, -0.05) is 55.2 Å². The number of aromatic nitrogens is 1. The summed E-state index contributed by atoms with van der Waals surface area (Å²) in [5, 5.41) is 8.99. The van der Waals surface area contributed by atoms with Gasteiger partial charge in [-0.05, 0) is 63.7 Å². The zero-order valence-electron chi connectivity index (χ0n) is 18.7. The summed E-state index contributed by atoms with van der Waals surface area (Å²) in [7, 11) is 0.674. The highest BCUT2D eigenvalue weighted by molar-refractivity contribution is 6.88. The third kappa shape index (κ3) is 2.66. The zero-order chi connectivity index (χ0) is 21.5. The Balaban J connectivity index is 1.74. The summed E-state index contributed by atoms with van der Waals surface area (Å²) in [5.74, 6) is 1.96. The summed E-state index contributed by atoms with van der Waals surface area (Å²) in [4.78, 5) is 0. The molecule has 0 spiro atoms. The Labute approximate surface area is 183 Å². The van der Waals surface area contributed by atoms with E-state index >= 15 is 0 Å². The van der Waals surface area contributed by atoms with Gasteiger partial charge in [-0.3, -0.25) is 0 Å². The highest BCUT2D eigenvalue weighted by Gasteiger charge is 2.31. The number of hydrogen-bond donors (Lipinski definition) is 0. The second-order valence-electron chi connectivity index (χ2n) is 9.86. The van der Waals surface area contributed by atoms with Crippen molar-refractivity contribution in [2.45, 2.75) is 26.6 Å². The average Bonchev–Trinajstić information content (AvgIpc) is 2.73. The molecule has 0 saturated heterocycles. The van der Waals surface area contributed by atoms with Crippen LogP contribution in [0.3, 0.4) is 0 Å². The van der Waals surface area contributed by atoms with Gasteiger partial charge in [0.1, 0.15) is 18.5 Å². The van der Waals surface area contributed by atoms with Gasteiger partial charge in [0, 0.05) is 6.07 Å². The minimum absolute atomic E-state index is 0.962. The van der Waals surface area contributed by atoms with Gasteiger partial charge in [0.25, 0.3) is 0 Å². The van der Waals surface area contributed by atoms with Crippen molar-refractivity contribution in [2.75, 3.05) is 0 Å². The number of hydrogen-bond acceptors (Lipinski definition) is 1. The summed E-state index contributed by atoms with van der Waals surface area (Å²) in [6.45, 7) is 9.42. The summed E-state index contributed by atoms with van der Waals surface area (Å²) >= 11 is 0. The third-order valence-electron chi connectivity index (χ3n) is 6.75. The largest absolute Gasteiger partial charge is 0.456 e. The summed E-state index contributed by atoms with van der Waals surface area (Å²) < 4.78 is 8.90. The number of benzene rings is 4. The monoisotopic (exact) mass is 420 g/mol. The van der Waals surface area contributed by atoms with E-state index in [1.807, 2.05) is 0 Å². The van der Waals surface area contributed by atoms with Gasteiger partial charge in [-0.25, -0.2) is 4.57 Å². The number of nitrogens with zero attached hydrogens (tertiary/aromatic N) is 1. The molecule has 0 aliphatic carbocycles. The molecule has 0 unspecified atom stereocenters.